The van der Waals surface area contributed by atoms with E-state index in [1.165, 1.54) is 6.92 Å². The minimum absolute atomic E-state index is 0.0491. The molecular weight excluding hydrogens is 757 g/mol. The van der Waals surface area contributed by atoms with Crippen molar-refractivity contribution in [3.8, 4) is 5.75 Å². The van der Waals surface area contributed by atoms with E-state index in [2.05, 4.69) is 19.2 Å². The van der Waals surface area contributed by atoms with Crippen LogP contribution in [0.4, 0.5) is 10.5 Å². The van der Waals surface area contributed by atoms with E-state index in [-0.39, 0.29) is 41.7 Å². The summed E-state index contributed by atoms with van der Waals surface area (Å²) in [5.41, 5.74) is 3.58. The normalized spacial score (nSPS) is 28.1. The molecule has 0 bridgehead atoms. The van der Waals surface area contributed by atoms with Gasteiger partial charge in [-0.2, -0.15) is 19.1 Å². The molecule has 1 aromatic heterocycles. The Bertz CT molecular complexity index is 2520. The average Bonchev–Trinajstić information content (AvgIpc) is 3.89. The second kappa shape index (κ2) is 13.3. The predicted molar refractivity (Wildman–Crippen MR) is 214 cm³/mol. The SMILES string of the molecule is CC(=O)On1c2c(c3ccccc31)C1OC(=O)N[C@@]1(C)CC2(C)C.CC1(C)C=Cc2c(ccc3c2[N+]([O-])=C2C3=C[C@]3(CC(=O)[C@@H]4CCCN4C3=O)CC2(C)C)O1.O=C=O. The number of carbonyl (C=O) groups excluding carboxylic acids is 6. The van der Waals surface area contributed by atoms with Crippen molar-refractivity contribution in [1.82, 2.24) is 14.9 Å². The fraction of sp³-hybridized carbons (Fsp3) is 0.467. The number of benzene rings is 2. The van der Waals surface area contributed by atoms with Crippen LogP contribution >= 0.6 is 0 Å². The van der Waals surface area contributed by atoms with Crippen molar-refractivity contribution >= 4 is 63.9 Å². The molecule has 3 fully saturated rings. The molecular formula is C45H48N4O10. The smallest absolute Gasteiger partial charge is 0.408 e. The molecule has 308 valence electrons. The fourth-order valence-electron chi connectivity index (χ4n) is 11.0. The van der Waals surface area contributed by atoms with Crippen LogP contribution in [-0.4, -0.2) is 73.7 Å². The Morgan fingerprint density at radius 3 is 2.42 bits per heavy atom. The molecule has 0 saturated carbocycles. The van der Waals surface area contributed by atoms with Crippen LogP contribution in [0.5, 0.6) is 5.75 Å². The first kappa shape index (κ1) is 39.8. The maximum Gasteiger partial charge on any atom is 0.408 e. The number of nitrogens with zero attached hydrogens (tertiary/aromatic N) is 3. The van der Waals surface area contributed by atoms with Gasteiger partial charge in [0.05, 0.1) is 50.3 Å². The van der Waals surface area contributed by atoms with Gasteiger partial charge in [-0.1, -0.05) is 38.1 Å². The van der Waals surface area contributed by atoms with Crippen molar-refractivity contribution in [3.05, 3.63) is 76.1 Å². The Labute approximate surface area is 341 Å². The molecule has 7 aliphatic rings. The van der Waals surface area contributed by atoms with Crippen LogP contribution in [0.2, 0.25) is 0 Å². The second-order valence-electron chi connectivity index (χ2n) is 18.8. The van der Waals surface area contributed by atoms with E-state index < -0.39 is 34.2 Å². The van der Waals surface area contributed by atoms with Crippen LogP contribution in [0.15, 0.2) is 48.6 Å². The minimum atomic E-state index is -0.882. The van der Waals surface area contributed by atoms with E-state index in [1.807, 2.05) is 89.2 Å². The summed E-state index contributed by atoms with van der Waals surface area (Å²) in [4.78, 5) is 73.9. The molecule has 10 rings (SSSR count). The number of ether oxygens (including phenoxy) is 2. The number of aromatic nitrogens is 1. The summed E-state index contributed by atoms with van der Waals surface area (Å²) in [6.07, 6.45) is 8.33. The summed E-state index contributed by atoms with van der Waals surface area (Å²) in [5, 5.41) is 17.6. The third kappa shape index (κ3) is 6.10. The van der Waals surface area contributed by atoms with Crippen molar-refractivity contribution in [1.29, 1.82) is 0 Å². The van der Waals surface area contributed by atoms with Gasteiger partial charge in [-0.15, -0.1) is 0 Å². The molecule has 3 aromatic rings. The van der Waals surface area contributed by atoms with Crippen molar-refractivity contribution in [2.24, 2.45) is 10.8 Å². The molecule has 3 saturated heterocycles. The highest BCUT2D eigenvalue weighted by molar-refractivity contribution is 6.29. The first-order valence-electron chi connectivity index (χ1n) is 20.0. The number of amides is 2. The molecule has 2 aliphatic carbocycles. The van der Waals surface area contributed by atoms with Crippen molar-refractivity contribution < 1.29 is 47.8 Å². The lowest BCUT2D eigenvalue weighted by molar-refractivity contribution is -0.361. The van der Waals surface area contributed by atoms with Gasteiger partial charge < -0.3 is 29.7 Å². The minimum Gasteiger partial charge on any atom is -0.618 e. The number of para-hydroxylation sites is 1. The number of hydrogen-bond donors (Lipinski definition) is 1. The number of rotatable bonds is 1. The third-order valence-corrected chi connectivity index (χ3v) is 12.8. The molecule has 0 radical (unpaired) electrons. The molecule has 14 heteroatoms. The average molecular weight is 805 g/mol. The highest BCUT2D eigenvalue weighted by Crippen LogP contribution is 2.57. The van der Waals surface area contributed by atoms with Gasteiger partial charge in [0, 0.05) is 36.3 Å². The van der Waals surface area contributed by atoms with E-state index in [0.29, 0.717) is 36.5 Å². The summed E-state index contributed by atoms with van der Waals surface area (Å²) in [5.74, 6) is 0.505. The zero-order valence-electron chi connectivity index (χ0n) is 34.5. The summed E-state index contributed by atoms with van der Waals surface area (Å²) in [6.45, 7) is 16.2. The van der Waals surface area contributed by atoms with E-state index in [1.54, 1.807) is 9.63 Å². The Balaban J connectivity index is 0.000000160. The van der Waals surface area contributed by atoms with E-state index >= 15 is 0 Å². The number of allylic oxidation sites excluding steroid dienone is 1. The monoisotopic (exact) mass is 804 g/mol. The van der Waals surface area contributed by atoms with Gasteiger partial charge in [0.25, 0.3) is 0 Å². The zero-order valence-corrected chi connectivity index (χ0v) is 34.5. The molecule has 5 aliphatic heterocycles. The zero-order chi connectivity index (χ0) is 42.6. The van der Waals surface area contributed by atoms with Gasteiger partial charge in [0.15, 0.2) is 11.9 Å². The Kier molecular flexibility index (Phi) is 8.94. The number of ketones is 1. The molecule has 1 spiro atoms. The van der Waals surface area contributed by atoms with Gasteiger partial charge >= 0.3 is 18.2 Å². The Hall–Kier alpha value is -6.01. The Morgan fingerprint density at radius 1 is 1.00 bits per heavy atom. The summed E-state index contributed by atoms with van der Waals surface area (Å²) in [7, 11) is 0. The number of carbonyl (C=O) groups is 4. The number of hydrogen-bond acceptors (Lipinski definition) is 10. The lowest BCUT2D eigenvalue weighted by Gasteiger charge is -2.46. The van der Waals surface area contributed by atoms with Crippen LogP contribution in [0.3, 0.4) is 0 Å². The van der Waals surface area contributed by atoms with Crippen LogP contribution < -0.4 is 14.9 Å². The quantitative estimate of drug-likeness (QED) is 0.212. The van der Waals surface area contributed by atoms with Crippen molar-refractivity contribution in [2.45, 2.75) is 116 Å². The van der Waals surface area contributed by atoms with Crippen LogP contribution in [0.25, 0.3) is 22.6 Å². The highest BCUT2D eigenvalue weighted by atomic mass is 16.7. The van der Waals surface area contributed by atoms with Gasteiger partial charge in [0.1, 0.15) is 11.4 Å². The maximum atomic E-state index is 13.7. The van der Waals surface area contributed by atoms with Gasteiger partial charge in [-0.05, 0) is 90.7 Å². The maximum absolute atomic E-state index is 13.7. The number of nitrogens with one attached hydrogen (secondary N) is 1. The third-order valence-electron chi connectivity index (χ3n) is 12.8. The number of fused-ring (bicyclic) bond motifs is 11. The van der Waals surface area contributed by atoms with Gasteiger partial charge in [0.2, 0.25) is 17.3 Å². The largest absolute Gasteiger partial charge is 0.618 e. The first-order valence-corrected chi connectivity index (χ1v) is 20.0. The fourth-order valence-corrected chi connectivity index (χ4v) is 11.0. The highest BCUT2D eigenvalue weighted by Gasteiger charge is 2.60. The van der Waals surface area contributed by atoms with Crippen molar-refractivity contribution in [3.63, 3.8) is 0 Å². The summed E-state index contributed by atoms with van der Waals surface area (Å²) >= 11 is 0. The lowest BCUT2D eigenvalue weighted by Crippen LogP contribution is -2.57. The first-order chi connectivity index (χ1) is 27.7. The van der Waals surface area contributed by atoms with E-state index in [0.717, 1.165) is 56.4 Å². The molecule has 1 N–H and O–H groups in total. The standard InChI is InChI=1S/C26H28N2O4.C18H20N2O4.CO2/c1-24(2)14-26(13-19(29)18-6-5-11-27(18)23(26)30)12-17-15-7-8-20-16(9-10-25(3,4)32-20)21(15)28(31)22(17)24;1-10(21)24-20-12-8-6-5-7-11(12)13-14(20)17(2,3)9-18(4)15(13)23-16(22)19-18;2-1-3/h7-10,12,18H,5-6,11,13-14H2,1-4H3;5-8,15H,9H2,1-4H3,(H,19,22);/t18-,26-;15?,18-;/m00./s1. The number of alkyl carbamates (subject to hydrolysis) is 1. The van der Waals surface area contributed by atoms with Gasteiger partial charge in [-0.3, -0.25) is 9.59 Å². The van der Waals surface area contributed by atoms with Crippen molar-refractivity contribution in [2.75, 3.05) is 6.54 Å². The van der Waals surface area contributed by atoms with E-state index in [4.69, 9.17) is 23.9 Å². The predicted octanol–water partition coefficient (Wildman–Crippen LogP) is 6.48. The molecule has 6 heterocycles. The van der Waals surface area contributed by atoms with Crippen LogP contribution in [0.1, 0.15) is 116 Å². The molecule has 2 amide bonds. The molecule has 59 heavy (non-hydrogen) atoms. The second-order valence-corrected chi connectivity index (χ2v) is 18.8. The topological polar surface area (TPSA) is 176 Å². The molecule has 4 atom stereocenters. The Morgan fingerprint density at radius 2 is 1.71 bits per heavy atom. The van der Waals surface area contributed by atoms with Crippen LogP contribution in [0, 0.1) is 16.0 Å². The molecule has 14 nitrogen and oxygen atoms in total. The van der Waals surface area contributed by atoms with Gasteiger partial charge in [-0.25, -0.2) is 9.59 Å². The molecule has 1 unspecified atom stereocenters. The van der Waals surface area contributed by atoms with E-state index in [9.17, 15) is 24.4 Å². The van der Waals surface area contributed by atoms with Crippen LogP contribution in [-0.2, 0) is 34.1 Å². The lowest BCUT2D eigenvalue weighted by atomic mass is 9.60. The summed E-state index contributed by atoms with van der Waals surface area (Å²) < 4.78 is 14.4. The number of Topliss-reactive ketones (excluding diaryl/α,β-unsaturated/α-hetero) is 1. The summed E-state index contributed by atoms with van der Waals surface area (Å²) in [6, 6.07) is 11.3. The molecule has 2 aromatic carbocycles. The number of piperidine rings is 1.